The van der Waals surface area contributed by atoms with E-state index in [4.69, 9.17) is 23.2 Å². The molecule has 1 unspecified atom stereocenters. The Morgan fingerprint density at radius 3 is 2.15 bits per heavy atom. The van der Waals surface area contributed by atoms with Crippen LogP contribution in [0.5, 0.6) is 0 Å². The maximum absolute atomic E-state index is 13.1. The van der Waals surface area contributed by atoms with Gasteiger partial charge in [-0.3, -0.25) is 0 Å². The van der Waals surface area contributed by atoms with Crippen LogP contribution in [0, 0.1) is 17.5 Å². The highest BCUT2D eigenvalue weighted by atomic mass is 35.5. The number of hydrogen-bond donors (Lipinski definition) is 1. The third-order valence-electron chi connectivity index (χ3n) is 2.80. The predicted molar refractivity (Wildman–Crippen MR) is 74.8 cm³/mol. The van der Waals surface area contributed by atoms with Crippen LogP contribution in [0.1, 0.15) is 18.5 Å². The Morgan fingerprint density at radius 2 is 1.60 bits per heavy atom. The number of anilines is 1. The minimum atomic E-state index is -1.49. The third kappa shape index (κ3) is 3.19. The summed E-state index contributed by atoms with van der Waals surface area (Å²) in [5, 5.41) is 3.77. The van der Waals surface area contributed by atoms with Crippen molar-refractivity contribution in [2.45, 2.75) is 13.0 Å². The average Bonchev–Trinajstić information content (AvgIpc) is 2.35. The second-order valence-corrected chi connectivity index (χ2v) is 5.13. The number of benzene rings is 2. The van der Waals surface area contributed by atoms with Crippen molar-refractivity contribution in [1.82, 2.24) is 0 Å². The minimum Gasteiger partial charge on any atom is -0.378 e. The van der Waals surface area contributed by atoms with Crippen LogP contribution < -0.4 is 5.32 Å². The van der Waals surface area contributed by atoms with Gasteiger partial charge in [0.2, 0.25) is 0 Å². The molecule has 0 spiro atoms. The molecular weight excluding hydrogens is 310 g/mol. The summed E-state index contributed by atoms with van der Waals surface area (Å²) < 4.78 is 39.1. The molecule has 0 aromatic heterocycles. The van der Waals surface area contributed by atoms with Crippen LogP contribution >= 0.6 is 23.2 Å². The van der Waals surface area contributed by atoms with E-state index in [-0.39, 0.29) is 11.7 Å². The number of halogens is 5. The van der Waals surface area contributed by atoms with Gasteiger partial charge in [-0.25, -0.2) is 13.2 Å². The molecule has 0 amide bonds. The fraction of sp³-hybridized carbons (Fsp3) is 0.143. The molecule has 0 aliphatic heterocycles. The SMILES string of the molecule is CC(Nc1cc(F)c(F)c(F)c1)c1ccc(Cl)cc1Cl. The van der Waals surface area contributed by atoms with Crippen LogP contribution in [0.2, 0.25) is 10.0 Å². The second kappa shape index (κ2) is 5.94. The van der Waals surface area contributed by atoms with Crippen LogP contribution in [0.15, 0.2) is 30.3 Å². The van der Waals surface area contributed by atoms with Crippen molar-refractivity contribution in [2.75, 3.05) is 5.32 Å². The molecule has 20 heavy (non-hydrogen) atoms. The van der Waals surface area contributed by atoms with Crippen molar-refractivity contribution in [3.8, 4) is 0 Å². The smallest absolute Gasteiger partial charge is 0.194 e. The largest absolute Gasteiger partial charge is 0.378 e. The Balaban J connectivity index is 2.25. The molecule has 2 rings (SSSR count). The quantitative estimate of drug-likeness (QED) is 0.728. The summed E-state index contributed by atoms with van der Waals surface area (Å²) in [6, 6.07) is 6.38. The zero-order valence-corrected chi connectivity index (χ0v) is 11.9. The van der Waals surface area contributed by atoms with E-state index in [2.05, 4.69) is 5.32 Å². The van der Waals surface area contributed by atoms with Crippen molar-refractivity contribution in [2.24, 2.45) is 0 Å². The highest BCUT2D eigenvalue weighted by Crippen LogP contribution is 2.29. The molecule has 106 valence electrons. The molecule has 0 fully saturated rings. The molecule has 1 atom stereocenters. The van der Waals surface area contributed by atoms with Gasteiger partial charge in [0, 0.05) is 33.9 Å². The third-order valence-corrected chi connectivity index (χ3v) is 3.36. The fourth-order valence-corrected chi connectivity index (χ4v) is 2.39. The summed E-state index contributed by atoms with van der Waals surface area (Å²) in [7, 11) is 0. The molecule has 0 aliphatic rings. The van der Waals surface area contributed by atoms with Gasteiger partial charge in [0.1, 0.15) is 0 Å². The normalized spacial score (nSPS) is 12.3. The highest BCUT2D eigenvalue weighted by Gasteiger charge is 2.14. The monoisotopic (exact) mass is 319 g/mol. The van der Waals surface area contributed by atoms with Crippen LogP contribution in [0.4, 0.5) is 18.9 Å². The summed E-state index contributed by atoms with van der Waals surface area (Å²) >= 11 is 11.8. The van der Waals surface area contributed by atoms with Gasteiger partial charge < -0.3 is 5.32 Å². The molecule has 0 saturated heterocycles. The molecule has 0 heterocycles. The summed E-state index contributed by atoms with van der Waals surface area (Å²) in [5.41, 5.74) is 0.834. The highest BCUT2D eigenvalue weighted by molar-refractivity contribution is 6.35. The topological polar surface area (TPSA) is 12.0 Å². The predicted octanol–water partition coefficient (Wildman–Crippen LogP) is 5.58. The van der Waals surface area contributed by atoms with Gasteiger partial charge in [0.15, 0.2) is 17.5 Å². The Morgan fingerprint density at radius 1 is 1.00 bits per heavy atom. The van der Waals surface area contributed by atoms with E-state index in [0.29, 0.717) is 15.6 Å². The Hall–Kier alpha value is -1.39. The number of nitrogens with one attached hydrogen (secondary N) is 1. The summed E-state index contributed by atoms with van der Waals surface area (Å²) in [5.74, 6) is -3.99. The molecule has 6 heteroatoms. The molecule has 0 radical (unpaired) electrons. The standard InChI is InChI=1S/C14H10Cl2F3N/c1-7(10-3-2-8(15)4-11(10)16)20-9-5-12(17)14(19)13(18)6-9/h2-7,20H,1H3. The van der Waals surface area contributed by atoms with Crippen molar-refractivity contribution in [1.29, 1.82) is 0 Å². The second-order valence-electron chi connectivity index (χ2n) is 4.29. The lowest BCUT2D eigenvalue weighted by atomic mass is 10.1. The minimum absolute atomic E-state index is 0.125. The van der Waals surface area contributed by atoms with E-state index in [0.717, 1.165) is 12.1 Å². The first-order valence-corrected chi connectivity index (χ1v) is 6.50. The molecule has 1 N–H and O–H groups in total. The summed E-state index contributed by atoms with van der Waals surface area (Å²) in [4.78, 5) is 0. The molecule has 0 saturated carbocycles. The number of hydrogen-bond acceptors (Lipinski definition) is 1. The lowest BCUT2D eigenvalue weighted by Crippen LogP contribution is -2.08. The molecule has 0 aliphatic carbocycles. The van der Waals surface area contributed by atoms with E-state index < -0.39 is 17.5 Å². The van der Waals surface area contributed by atoms with Gasteiger partial charge in [-0.2, -0.15) is 0 Å². The Kier molecular flexibility index (Phi) is 4.45. The first-order valence-electron chi connectivity index (χ1n) is 5.74. The Bertz CT molecular complexity index is 623. The van der Waals surface area contributed by atoms with E-state index >= 15 is 0 Å². The van der Waals surface area contributed by atoms with Crippen LogP contribution in [0.3, 0.4) is 0 Å². The zero-order valence-electron chi connectivity index (χ0n) is 10.4. The molecule has 2 aromatic rings. The van der Waals surface area contributed by atoms with Crippen LogP contribution in [-0.2, 0) is 0 Å². The van der Waals surface area contributed by atoms with Gasteiger partial charge in [-0.1, -0.05) is 29.3 Å². The Labute approximate surface area is 124 Å². The van der Waals surface area contributed by atoms with E-state index in [1.807, 2.05) is 0 Å². The zero-order chi connectivity index (χ0) is 14.9. The van der Waals surface area contributed by atoms with Crippen molar-refractivity contribution < 1.29 is 13.2 Å². The van der Waals surface area contributed by atoms with Gasteiger partial charge in [0.25, 0.3) is 0 Å². The van der Waals surface area contributed by atoms with Gasteiger partial charge in [0.05, 0.1) is 0 Å². The van der Waals surface area contributed by atoms with E-state index in [1.165, 1.54) is 0 Å². The van der Waals surface area contributed by atoms with Gasteiger partial charge >= 0.3 is 0 Å². The van der Waals surface area contributed by atoms with Crippen LogP contribution in [0.25, 0.3) is 0 Å². The summed E-state index contributed by atoms with van der Waals surface area (Å²) in [6.45, 7) is 1.76. The molecular formula is C14H10Cl2F3N. The lowest BCUT2D eigenvalue weighted by Gasteiger charge is -2.17. The van der Waals surface area contributed by atoms with E-state index in [1.54, 1.807) is 25.1 Å². The van der Waals surface area contributed by atoms with Crippen LogP contribution in [-0.4, -0.2) is 0 Å². The van der Waals surface area contributed by atoms with E-state index in [9.17, 15) is 13.2 Å². The van der Waals surface area contributed by atoms with Crippen molar-refractivity contribution >= 4 is 28.9 Å². The molecule has 1 nitrogen and oxygen atoms in total. The lowest BCUT2D eigenvalue weighted by molar-refractivity contribution is 0.447. The average molecular weight is 320 g/mol. The first-order chi connectivity index (χ1) is 9.38. The van der Waals surface area contributed by atoms with Gasteiger partial charge in [-0.05, 0) is 24.6 Å². The summed E-state index contributed by atoms with van der Waals surface area (Å²) in [6.07, 6.45) is 0. The molecule has 2 aromatic carbocycles. The maximum Gasteiger partial charge on any atom is 0.194 e. The van der Waals surface area contributed by atoms with Gasteiger partial charge in [-0.15, -0.1) is 0 Å². The molecule has 0 bridgehead atoms. The van der Waals surface area contributed by atoms with Crippen molar-refractivity contribution in [3.05, 3.63) is 63.4 Å². The van der Waals surface area contributed by atoms with Crippen molar-refractivity contribution in [3.63, 3.8) is 0 Å². The maximum atomic E-state index is 13.1. The first kappa shape index (κ1) is 15.0. The fourth-order valence-electron chi connectivity index (χ4n) is 1.82. The number of rotatable bonds is 3.